The smallest absolute Gasteiger partial charge is 0.349 e. The lowest BCUT2D eigenvalue weighted by Gasteiger charge is -2.12. The lowest BCUT2D eigenvalue weighted by atomic mass is 10.2. The van der Waals surface area contributed by atoms with Crippen LogP contribution in [0.15, 0.2) is 27.6 Å². The molecule has 1 aliphatic heterocycles. The number of amides is 1. The van der Waals surface area contributed by atoms with Crippen molar-refractivity contribution in [3.05, 3.63) is 50.8 Å². The summed E-state index contributed by atoms with van der Waals surface area (Å²) in [5, 5.41) is 3.11. The summed E-state index contributed by atoms with van der Waals surface area (Å²) in [6.07, 6.45) is 2.19. The van der Waals surface area contributed by atoms with Crippen molar-refractivity contribution < 1.29 is 18.7 Å². The zero-order chi connectivity index (χ0) is 19.8. The molecule has 28 heavy (non-hydrogen) atoms. The second-order valence-electron chi connectivity index (χ2n) is 6.67. The molecule has 0 aromatic carbocycles. The third-order valence-electron chi connectivity index (χ3n) is 4.77. The monoisotopic (exact) mass is 401 g/mol. The fraction of sp³-hybridized carbons (Fsp3) is 0.368. The Bertz CT molecular complexity index is 1110. The Kier molecular flexibility index (Phi) is 4.76. The highest BCUT2D eigenvalue weighted by molar-refractivity contribution is 7.20. The maximum atomic E-state index is 12.7. The first-order chi connectivity index (χ1) is 13.5. The molecule has 1 amide bonds. The van der Waals surface area contributed by atoms with E-state index in [1.54, 1.807) is 23.6 Å². The van der Waals surface area contributed by atoms with Crippen molar-refractivity contribution in [3.8, 4) is 0 Å². The van der Waals surface area contributed by atoms with Crippen molar-refractivity contribution in [2.75, 3.05) is 0 Å². The molecule has 0 unspecified atom stereocenters. The fourth-order valence-corrected chi connectivity index (χ4v) is 4.34. The molecule has 4 heterocycles. The largest absolute Gasteiger partial charge is 0.467 e. The van der Waals surface area contributed by atoms with Gasteiger partial charge in [0.15, 0.2) is 6.10 Å². The Balaban J connectivity index is 1.51. The summed E-state index contributed by atoms with van der Waals surface area (Å²) in [6.45, 7) is 4.07. The topological polar surface area (TPSA) is 103 Å². The summed E-state index contributed by atoms with van der Waals surface area (Å²) >= 11 is 1.13. The average molecular weight is 401 g/mol. The zero-order valence-corrected chi connectivity index (χ0v) is 16.3. The third-order valence-corrected chi connectivity index (χ3v) is 5.93. The van der Waals surface area contributed by atoms with Gasteiger partial charge in [0.05, 0.1) is 18.2 Å². The summed E-state index contributed by atoms with van der Waals surface area (Å²) in [4.78, 5) is 42.8. The first-order valence-electron chi connectivity index (χ1n) is 8.99. The summed E-state index contributed by atoms with van der Waals surface area (Å²) in [5.74, 6) is 0.294. The number of thiophene rings is 1. The second-order valence-corrected chi connectivity index (χ2v) is 7.67. The Hall–Kier alpha value is -2.94. The first kappa shape index (κ1) is 18.4. The number of fused-ring (bicyclic) bond motifs is 2. The second kappa shape index (κ2) is 7.23. The van der Waals surface area contributed by atoms with Crippen molar-refractivity contribution in [3.63, 3.8) is 0 Å². The van der Waals surface area contributed by atoms with E-state index >= 15 is 0 Å². The van der Waals surface area contributed by atoms with Gasteiger partial charge in [0.25, 0.3) is 11.5 Å². The highest BCUT2D eigenvalue weighted by atomic mass is 32.1. The maximum Gasteiger partial charge on any atom is 0.349 e. The lowest BCUT2D eigenvalue weighted by molar-refractivity contribution is -0.129. The van der Waals surface area contributed by atoms with Gasteiger partial charge < -0.3 is 14.5 Å². The number of ether oxygens (including phenoxy) is 1. The van der Waals surface area contributed by atoms with E-state index in [1.165, 1.54) is 13.2 Å². The number of nitrogens with zero attached hydrogens (tertiary/aromatic N) is 2. The minimum absolute atomic E-state index is 0.116. The molecular weight excluding hydrogens is 382 g/mol. The normalized spacial score (nSPS) is 14.1. The van der Waals surface area contributed by atoms with Crippen LogP contribution in [0, 0.1) is 6.92 Å². The van der Waals surface area contributed by atoms with Crippen LogP contribution in [0.1, 0.15) is 40.2 Å². The van der Waals surface area contributed by atoms with E-state index in [4.69, 9.17) is 9.15 Å². The average Bonchev–Trinajstić information content (AvgIpc) is 3.40. The molecule has 1 atom stereocenters. The van der Waals surface area contributed by atoms with Crippen molar-refractivity contribution >= 4 is 33.4 Å². The molecule has 146 valence electrons. The minimum Gasteiger partial charge on any atom is -0.467 e. The Morgan fingerprint density at radius 2 is 2.29 bits per heavy atom. The summed E-state index contributed by atoms with van der Waals surface area (Å²) < 4.78 is 12.1. The summed E-state index contributed by atoms with van der Waals surface area (Å²) in [6, 6.07) is 3.46. The molecule has 8 nitrogen and oxygen atoms in total. The number of aromatic nitrogens is 2. The van der Waals surface area contributed by atoms with Gasteiger partial charge in [-0.05, 0) is 38.0 Å². The molecule has 9 heteroatoms. The number of carbonyl (C=O) groups is 2. The van der Waals surface area contributed by atoms with E-state index in [9.17, 15) is 14.4 Å². The number of hydrogen-bond acceptors (Lipinski definition) is 7. The predicted molar refractivity (Wildman–Crippen MR) is 102 cm³/mol. The molecule has 0 spiro atoms. The third kappa shape index (κ3) is 3.22. The number of hydrogen-bond donors (Lipinski definition) is 1. The van der Waals surface area contributed by atoms with Crippen LogP contribution in [-0.4, -0.2) is 27.5 Å². The predicted octanol–water partition coefficient (Wildman–Crippen LogP) is 2.17. The molecule has 0 radical (unpaired) electrons. The molecule has 3 aromatic heterocycles. The van der Waals surface area contributed by atoms with Crippen LogP contribution in [0.3, 0.4) is 0 Å². The quantitative estimate of drug-likeness (QED) is 0.657. The zero-order valence-electron chi connectivity index (χ0n) is 15.5. The van der Waals surface area contributed by atoms with Crippen LogP contribution in [0.4, 0.5) is 0 Å². The molecule has 0 fully saturated rings. The summed E-state index contributed by atoms with van der Waals surface area (Å²) in [5.41, 5.74) is 0.433. The van der Waals surface area contributed by atoms with Crippen LogP contribution >= 0.6 is 11.3 Å². The van der Waals surface area contributed by atoms with Crippen molar-refractivity contribution in [2.45, 2.75) is 45.9 Å². The highest BCUT2D eigenvalue weighted by Gasteiger charge is 2.26. The number of furan rings is 1. The Morgan fingerprint density at radius 1 is 1.46 bits per heavy atom. The van der Waals surface area contributed by atoms with Gasteiger partial charge in [-0.25, -0.2) is 9.78 Å². The standard InChI is InChI=1S/C19H19N3O5S/c1-10-14-17(21-13-6-3-7-22(13)18(14)24)28-15(10)19(25)27-11(2)16(23)20-9-12-5-4-8-26-12/h4-5,8,11H,3,6-7,9H2,1-2H3,(H,20,23)/t11-/m1/s1. The van der Waals surface area contributed by atoms with Crippen LogP contribution < -0.4 is 10.9 Å². The molecule has 0 saturated carbocycles. The van der Waals surface area contributed by atoms with E-state index in [2.05, 4.69) is 10.3 Å². The number of rotatable bonds is 5. The molecule has 3 aromatic rings. The van der Waals surface area contributed by atoms with E-state index in [0.717, 1.165) is 30.0 Å². The van der Waals surface area contributed by atoms with E-state index in [0.29, 0.717) is 33.0 Å². The molecule has 4 rings (SSSR count). The van der Waals surface area contributed by atoms with Crippen LogP contribution in [0.25, 0.3) is 10.2 Å². The van der Waals surface area contributed by atoms with Gasteiger partial charge in [-0.2, -0.15) is 0 Å². The summed E-state index contributed by atoms with van der Waals surface area (Å²) in [7, 11) is 0. The van der Waals surface area contributed by atoms with Gasteiger partial charge in [-0.3, -0.25) is 14.2 Å². The van der Waals surface area contributed by atoms with Crippen LogP contribution in [0.5, 0.6) is 0 Å². The molecule has 1 N–H and O–H groups in total. The lowest BCUT2D eigenvalue weighted by Crippen LogP contribution is -2.35. The van der Waals surface area contributed by atoms with Gasteiger partial charge in [-0.1, -0.05) is 0 Å². The molecule has 0 aliphatic carbocycles. The van der Waals surface area contributed by atoms with E-state index in [1.807, 2.05) is 0 Å². The van der Waals surface area contributed by atoms with Crippen molar-refractivity contribution in [1.29, 1.82) is 0 Å². The van der Waals surface area contributed by atoms with Gasteiger partial charge in [0.2, 0.25) is 0 Å². The van der Waals surface area contributed by atoms with Gasteiger partial charge in [0.1, 0.15) is 21.3 Å². The number of carbonyl (C=O) groups excluding carboxylic acids is 2. The van der Waals surface area contributed by atoms with Crippen LogP contribution in [0.2, 0.25) is 0 Å². The number of aryl methyl sites for hydroxylation is 2. The number of esters is 1. The van der Waals surface area contributed by atoms with Gasteiger partial charge in [-0.15, -0.1) is 11.3 Å². The highest BCUT2D eigenvalue weighted by Crippen LogP contribution is 2.29. The number of nitrogens with one attached hydrogen (secondary N) is 1. The molecule has 0 bridgehead atoms. The minimum atomic E-state index is -0.980. The Labute approximate surface area is 164 Å². The SMILES string of the molecule is Cc1c(C(=O)O[C@H](C)C(=O)NCc2ccco2)sc2nc3n(c(=O)c12)CCC3. The van der Waals surface area contributed by atoms with Gasteiger partial charge >= 0.3 is 5.97 Å². The van der Waals surface area contributed by atoms with Crippen LogP contribution in [-0.2, 0) is 29.0 Å². The molecular formula is C19H19N3O5S. The van der Waals surface area contributed by atoms with Crippen molar-refractivity contribution in [2.24, 2.45) is 0 Å². The molecule has 1 aliphatic rings. The van der Waals surface area contributed by atoms with Gasteiger partial charge in [0, 0.05) is 13.0 Å². The van der Waals surface area contributed by atoms with E-state index < -0.39 is 18.0 Å². The van der Waals surface area contributed by atoms with Crippen molar-refractivity contribution in [1.82, 2.24) is 14.9 Å². The maximum absolute atomic E-state index is 12.7. The molecule has 0 saturated heterocycles. The Morgan fingerprint density at radius 3 is 3.04 bits per heavy atom. The fourth-order valence-electron chi connectivity index (χ4n) is 3.27. The first-order valence-corrected chi connectivity index (χ1v) is 9.81. The van der Waals surface area contributed by atoms with E-state index in [-0.39, 0.29) is 12.1 Å².